The van der Waals surface area contributed by atoms with Gasteiger partial charge in [-0.05, 0) is 42.0 Å². The highest BCUT2D eigenvalue weighted by molar-refractivity contribution is 5.95. The van der Waals surface area contributed by atoms with Crippen LogP contribution in [0.3, 0.4) is 0 Å². The van der Waals surface area contributed by atoms with Crippen molar-refractivity contribution in [2.24, 2.45) is 0 Å². The van der Waals surface area contributed by atoms with Gasteiger partial charge in [-0.1, -0.05) is 6.07 Å². The minimum atomic E-state index is -0.946. The second-order valence-corrected chi connectivity index (χ2v) is 6.75. The number of hydrogen-bond acceptors (Lipinski definition) is 6. The molecule has 150 valence electrons. The van der Waals surface area contributed by atoms with Crippen LogP contribution in [-0.2, 0) is 0 Å². The van der Waals surface area contributed by atoms with Gasteiger partial charge < -0.3 is 5.32 Å². The molecule has 0 radical (unpaired) electrons. The predicted molar refractivity (Wildman–Crippen MR) is 113 cm³/mol. The summed E-state index contributed by atoms with van der Waals surface area (Å²) in [5.74, 6) is -0.950. The average Bonchev–Trinajstić information content (AvgIpc) is 2.82. The molecular weight excluding hydrogens is 398 g/mol. The van der Waals surface area contributed by atoms with Crippen molar-refractivity contribution < 1.29 is 8.78 Å². The van der Waals surface area contributed by atoms with E-state index in [-0.39, 0.29) is 0 Å². The number of hydrogen-bond donors (Lipinski definition) is 1. The Morgan fingerprint density at radius 3 is 2.32 bits per heavy atom. The van der Waals surface area contributed by atoms with E-state index in [1.165, 1.54) is 12.4 Å². The fourth-order valence-electron chi connectivity index (χ4n) is 3.19. The molecule has 8 heteroatoms. The van der Waals surface area contributed by atoms with Crippen LogP contribution < -0.4 is 5.32 Å². The number of pyridine rings is 1. The molecule has 3 heterocycles. The zero-order chi connectivity index (χ0) is 21.2. The maximum absolute atomic E-state index is 13.8. The molecule has 6 nitrogen and oxygen atoms in total. The molecule has 0 aliphatic heterocycles. The van der Waals surface area contributed by atoms with Crippen LogP contribution in [0.2, 0.25) is 0 Å². The maximum atomic E-state index is 13.8. The Balaban J connectivity index is 1.68. The number of aromatic nitrogens is 5. The summed E-state index contributed by atoms with van der Waals surface area (Å²) in [5.41, 5.74) is 3.49. The van der Waals surface area contributed by atoms with Gasteiger partial charge in [-0.2, -0.15) is 0 Å². The minimum absolute atomic E-state index is 0.365. The van der Waals surface area contributed by atoms with Crippen molar-refractivity contribution in [1.29, 1.82) is 0 Å². The monoisotopic (exact) mass is 412 g/mol. The first-order valence-corrected chi connectivity index (χ1v) is 9.37. The van der Waals surface area contributed by atoms with Gasteiger partial charge in [-0.15, -0.1) is 0 Å². The molecule has 0 amide bonds. The van der Waals surface area contributed by atoms with Gasteiger partial charge in [0.15, 0.2) is 17.5 Å². The third-order valence-corrected chi connectivity index (χ3v) is 4.69. The van der Waals surface area contributed by atoms with Crippen molar-refractivity contribution in [3.8, 4) is 22.5 Å². The number of anilines is 2. The number of halogens is 2. The summed E-state index contributed by atoms with van der Waals surface area (Å²) in [4.78, 5) is 21.5. The van der Waals surface area contributed by atoms with Crippen LogP contribution in [0.1, 0.15) is 0 Å². The Bertz CT molecular complexity index is 1380. The molecule has 3 aromatic heterocycles. The molecular formula is C23H14F2N6. The SMILES string of the molecule is Fc1ccc(Nc2nc(-c3cccnc3)nc3ccc(-c4cncnc4)cc23)cc1F. The summed E-state index contributed by atoms with van der Waals surface area (Å²) < 4.78 is 27.1. The van der Waals surface area contributed by atoms with Crippen LogP contribution in [0.4, 0.5) is 20.3 Å². The third-order valence-electron chi connectivity index (χ3n) is 4.69. The first-order valence-electron chi connectivity index (χ1n) is 9.37. The Labute approximate surface area is 175 Å². The second kappa shape index (κ2) is 7.83. The van der Waals surface area contributed by atoms with Crippen molar-refractivity contribution in [2.75, 3.05) is 5.32 Å². The van der Waals surface area contributed by atoms with E-state index in [1.54, 1.807) is 30.9 Å². The highest BCUT2D eigenvalue weighted by Gasteiger charge is 2.13. The smallest absolute Gasteiger partial charge is 0.163 e. The third kappa shape index (κ3) is 3.78. The zero-order valence-corrected chi connectivity index (χ0v) is 16.0. The van der Waals surface area contributed by atoms with Crippen LogP contribution in [-0.4, -0.2) is 24.9 Å². The van der Waals surface area contributed by atoms with Crippen molar-refractivity contribution >= 4 is 22.4 Å². The van der Waals surface area contributed by atoms with E-state index in [0.29, 0.717) is 28.2 Å². The molecule has 0 atom stereocenters. The summed E-state index contributed by atoms with van der Waals surface area (Å²) in [6.45, 7) is 0. The lowest BCUT2D eigenvalue weighted by molar-refractivity contribution is 0.509. The van der Waals surface area contributed by atoms with Gasteiger partial charge >= 0.3 is 0 Å². The largest absolute Gasteiger partial charge is 0.340 e. The zero-order valence-electron chi connectivity index (χ0n) is 16.0. The van der Waals surface area contributed by atoms with E-state index in [0.717, 1.165) is 28.8 Å². The van der Waals surface area contributed by atoms with Gasteiger partial charge in [0.25, 0.3) is 0 Å². The van der Waals surface area contributed by atoms with Gasteiger partial charge in [0.05, 0.1) is 5.52 Å². The summed E-state index contributed by atoms with van der Waals surface area (Å²) >= 11 is 0. The van der Waals surface area contributed by atoms with Crippen molar-refractivity contribution in [1.82, 2.24) is 24.9 Å². The fraction of sp³-hybridized carbons (Fsp3) is 0. The van der Waals surface area contributed by atoms with Gasteiger partial charge in [0, 0.05) is 53.1 Å². The molecule has 0 aliphatic rings. The standard InChI is InChI=1S/C23H14F2N6/c24-19-5-4-17(9-20(19)25)29-23-18-8-14(16-11-27-13-28-12-16)3-6-21(18)30-22(31-23)15-2-1-7-26-10-15/h1-13H,(H,29,30,31). The lowest BCUT2D eigenvalue weighted by atomic mass is 10.1. The molecule has 0 unspecified atom stereocenters. The van der Waals surface area contributed by atoms with E-state index in [1.807, 2.05) is 24.3 Å². The molecule has 0 fully saturated rings. The van der Waals surface area contributed by atoms with Crippen LogP contribution >= 0.6 is 0 Å². The molecule has 0 saturated heterocycles. The number of rotatable bonds is 4. The van der Waals surface area contributed by atoms with Gasteiger partial charge in [-0.25, -0.2) is 28.7 Å². The van der Waals surface area contributed by atoms with Crippen molar-refractivity contribution in [2.45, 2.75) is 0 Å². The molecule has 1 N–H and O–H groups in total. The van der Waals surface area contributed by atoms with E-state index in [9.17, 15) is 8.78 Å². The molecule has 0 aliphatic carbocycles. The molecule has 0 spiro atoms. The molecule has 5 rings (SSSR count). The van der Waals surface area contributed by atoms with Crippen molar-refractivity contribution in [3.05, 3.63) is 91.3 Å². The highest BCUT2D eigenvalue weighted by atomic mass is 19.2. The number of nitrogens with zero attached hydrogens (tertiary/aromatic N) is 5. The molecule has 31 heavy (non-hydrogen) atoms. The quantitative estimate of drug-likeness (QED) is 0.439. The van der Waals surface area contributed by atoms with E-state index in [2.05, 4.69) is 30.2 Å². The Morgan fingerprint density at radius 2 is 1.55 bits per heavy atom. The number of nitrogens with one attached hydrogen (secondary N) is 1. The van der Waals surface area contributed by atoms with Gasteiger partial charge in [0.1, 0.15) is 12.1 Å². The van der Waals surface area contributed by atoms with Crippen LogP contribution in [0.5, 0.6) is 0 Å². The average molecular weight is 412 g/mol. The topological polar surface area (TPSA) is 76.5 Å². The Hall–Kier alpha value is -4.33. The molecule has 0 saturated carbocycles. The lowest BCUT2D eigenvalue weighted by Gasteiger charge is -2.12. The minimum Gasteiger partial charge on any atom is -0.340 e. The normalized spacial score (nSPS) is 10.9. The number of benzene rings is 2. The lowest BCUT2D eigenvalue weighted by Crippen LogP contribution is -2.00. The fourth-order valence-corrected chi connectivity index (χ4v) is 3.19. The summed E-state index contributed by atoms with van der Waals surface area (Å²) in [6.07, 6.45) is 8.21. The van der Waals surface area contributed by atoms with Gasteiger partial charge in [-0.3, -0.25) is 4.98 Å². The first kappa shape index (κ1) is 18.7. The van der Waals surface area contributed by atoms with Gasteiger partial charge in [0.2, 0.25) is 0 Å². The number of fused-ring (bicyclic) bond motifs is 1. The van der Waals surface area contributed by atoms with E-state index < -0.39 is 11.6 Å². The first-order chi connectivity index (χ1) is 15.2. The summed E-state index contributed by atoms with van der Waals surface area (Å²) in [7, 11) is 0. The second-order valence-electron chi connectivity index (χ2n) is 6.75. The predicted octanol–water partition coefficient (Wildman–Crippen LogP) is 5.17. The van der Waals surface area contributed by atoms with Crippen LogP contribution in [0.15, 0.2) is 79.6 Å². The summed E-state index contributed by atoms with van der Waals surface area (Å²) in [5, 5.41) is 3.80. The van der Waals surface area contributed by atoms with Crippen molar-refractivity contribution in [3.63, 3.8) is 0 Å². The molecule has 5 aromatic rings. The Morgan fingerprint density at radius 1 is 0.710 bits per heavy atom. The van der Waals surface area contributed by atoms with Crippen LogP contribution in [0.25, 0.3) is 33.4 Å². The Kier molecular flexibility index (Phi) is 4.72. The highest BCUT2D eigenvalue weighted by Crippen LogP contribution is 2.31. The van der Waals surface area contributed by atoms with Crippen LogP contribution in [0, 0.1) is 11.6 Å². The maximum Gasteiger partial charge on any atom is 0.163 e. The van der Waals surface area contributed by atoms with E-state index >= 15 is 0 Å². The van der Waals surface area contributed by atoms with E-state index in [4.69, 9.17) is 0 Å². The molecule has 2 aromatic carbocycles. The summed E-state index contributed by atoms with van der Waals surface area (Å²) in [6, 6.07) is 12.9. The molecule has 0 bridgehead atoms.